The van der Waals surface area contributed by atoms with Crippen molar-refractivity contribution in [2.24, 2.45) is 0 Å². The van der Waals surface area contributed by atoms with Gasteiger partial charge in [-0.15, -0.1) is 0 Å². The number of carbonyl (C=O) groups excluding carboxylic acids is 2. The molecule has 0 aromatic carbocycles. The molecule has 0 spiro atoms. The predicted octanol–water partition coefficient (Wildman–Crippen LogP) is 4.31. The summed E-state index contributed by atoms with van der Waals surface area (Å²) in [6.45, 7) is 11.8. The Labute approximate surface area is 213 Å². The molecule has 36 heavy (non-hydrogen) atoms. The van der Waals surface area contributed by atoms with Gasteiger partial charge in [0, 0.05) is 25.5 Å². The molecule has 4 rings (SSSR count). The number of fused-ring (bicyclic) bond motifs is 2. The maximum absolute atomic E-state index is 11.9. The van der Waals surface area contributed by atoms with Crippen LogP contribution in [-0.4, -0.2) is 61.3 Å². The number of hydrogen-bond acceptors (Lipinski definition) is 9. The number of pyridine rings is 2. The lowest BCUT2D eigenvalue weighted by molar-refractivity contribution is 0.0514. The molecule has 0 atom stereocenters. The highest BCUT2D eigenvalue weighted by atomic mass is 35.5. The van der Waals surface area contributed by atoms with Crippen LogP contribution in [0.2, 0.25) is 5.02 Å². The van der Waals surface area contributed by atoms with Crippen LogP contribution in [0.1, 0.15) is 55.3 Å². The Hall–Kier alpha value is -3.73. The quantitative estimate of drug-likeness (QED) is 0.315. The fourth-order valence-corrected chi connectivity index (χ4v) is 3.73. The summed E-state index contributed by atoms with van der Waals surface area (Å²) < 4.78 is 19.0. The maximum atomic E-state index is 11.9. The fraction of sp³-hybridized carbons (Fsp3) is 0.417. The highest BCUT2D eigenvalue weighted by Crippen LogP contribution is 2.29. The third kappa shape index (κ3) is 5.40. The van der Waals surface area contributed by atoms with Gasteiger partial charge >= 0.3 is 11.9 Å². The summed E-state index contributed by atoms with van der Waals surface area (Å²) in [6.07, 6.45) is 6.19. The SMILES string of the molecule is CCOC(=O)c1cnc2c(cnn2CC)c1Cl.CCOC(=O)c1cnc2c(cnn2CC)c1OCC. The van der Waals surface area contributed by atoms with E-state index in [0.29, 0.717) is 65.9 Å². The zero-order valence-corrected chi connectivity index (χ0v) is 21.7. The summed E-state index contributed by atoms with van der Waals surface area (Å²) in [5.74, 6) is -0.397. The summed E-state index contributed by atoms with van der Waals surface area (Å²) in [4.78, 5) is 32.0. The van der Waals surface area contributed by atoms with Gasteiger partial charge in [-0.3, -0.25) is 0 Å². The minimum Gasteiger partial charge on any atom is -0.492 e. The van der Waals surface area contributed by atoms with Gasteiger partial charge in [0.1, 0.15) is 11.3 Å². The third-order valence-corrected chi connectivity index (χ3v) is 5.50. The molecule has 0 radical (unpaired) electrons. The Morgan fingerprint density at radius 1 is 0.750 bits per heavy atom. The molecule has 192 valence electrons. The molecule has 0 bridgehead atoms. The minimum absolute atomic E-state index is 0.275. The first kappa shape index (κ1) is 26.9. The number of aromatic nitrogens is 6. The van der Waals surface area contributed by atoms with Gasteiger partial charge in [0.05, 0.1) is 53.6 Å². The van der Waals surface area contributed by atoms with E-state index in [-0.39, 0.29) is 5.56 Å². The van der Waals surface area contributed by atoms with Crippen LogP contribution in [0.15, 0.2) is 24.8 Å². The molecule has 0 aliphatic carbocycles. The largest absolute Gasteiger partial charge is 0.492 e. The minimum atomic E-state index is -0.462. The Morgan fingerprint density at radius 3 is 1.78 bits per heavy atom. The maximum Gasteiger partial charge on any atom is 0.343 e. The molecule has 12 heteroatoms. The van der Waals surface area contributed by atoms with Crippen LogP contribution >= 0.6 is 11.6 Å². The van der Waals surface area contributed by atoms with E-state index in [2.05, 4.69) is 20.2 Å². The van der Waals surface area contributed by atoms with Gasteiger partial charge in [0.15, 0.2) is 11.3 Å². The summed E-state index contributed by atoms with van der Waals surface area (Å²) in [7, 11) is 0. The van der Waals surface area contributed by atoms with Crippen LogP contribution in [0.3, 0.4) is 0 Å². The van der Waals surface area contributed by atoms with Gasteiger partial charge in [-0.25, -0.2) is 28.9 Å². The summed E-state index contributed by atoms with van der Waals surface area (Å²) in [6, 6.07) is 0. The second-order valence-corrected chi connectivity index (χ2v) is 7.63. The molecular formula is C24H29ClN6O5. The number of ether oxygens (including phenoxy) is 3. The molecule has 0 aliphatic heterocycles. The number of halogens is 1. The van der Waals surface area contributed by atoms with Crippen LogP contribution in [0.4, 0.5) is 0 Å². The average molecular weight is 517 g/mol. The summed E-state index contributed by atoms with van der Waals surface area (Å²) >= 11 is 6.15. The van der Waals surface area contributed by atoms with E-state index in [9.17, 15) is 9.59 Å². The van der Waals surface area contributed by atoms with Crippen molar-refractivity contribution in [1.82, 2.24) is 29.5 Å². The number of esters is 2. The van der Waals surface area contributed by atoms with Crippen molar-refractivity contribution < 1.29 is 23.8 Å². The first-order chi connectivity index (χ1) is 17.4. The van der Waals surface area contributed by atoms with Gasteiger partial charge in [-0.05, 0) is 34.6 Å². The van der Waals surface area contributed by atoms with Gasteiger partial charge < -0.3 is 14.2 Å². The Bertz CT molecular complexity index is 1370. The van der Waals surface area contributed by atoms with Crippen molar-refractivity contribution >= 4 is 45.6 Å². The second-order valence-electron chi connectivity index (χ2n) is 7.26. The van der Waals surface area contributed by atoms with Gasteiger partial charge in [0.25, 0.3) is 0 Å². The van der Waals surface area contributed by atoms with Crippen LogP contribution in [-0.2, 0) is 22.6 Å². The van der Waals surface area contributed by atoms with Crippen molar-refractivity contribution in [3.8, 4) is 5.75 Å². The van der Waals surface area contributed by atoms with E-state index in [1.165, 1.54) is 12.4 Å². The first-order valence-electron chi connectivity index (χ1n) is 11.7. The Balaban J connectivity index is 0.000000202. The predicted molar refractivity (Wildman–Crippen MR) is 134 cm³/mol. The van der Waals surface area contributed by atoms with Crippen molar-refractivity contribution in [2.75, 3.05) is 19.8 Å². The van der Waals surface area contributed by atoms with E-state index < -0.39 is 11.9 Å². The lowest BCUT2D eigenvalue weighted by Gasteiger charge is -2.10. The molecular weight excluding hydrogens is 488 g/mol. The van der Waals surface area contributed by atoms with Gasteiger partial charge in [-0.1, -0.05) is 11.6 Å². The van der Waals surface area contributed by atoms with Crippen LogP contribution < -0.4 is 4.74 Å². The zero-order valence-electron chi connectivity index (χ0n) is 20.9. The van der Waals surface area contributed by atoms with E-state index in [1.54, 1.807) is 35.6 Å². The Morgan fingerprint density at radius 2 is 1.25 bits per heavy atom. The van der Waals surface area contributed by atoms with Gasteiger partial charge in [-0.2, -0.15) is 10.2 Å². The first-order valence-corrected chi connectivity index (χ1v) is 12.1. The molecule has 4 heterocycles. The lowest BCUT2D eigenvalue weighted by atomic mass is 10.2. The van der Waals surface area contributed by atoms with Crippen molar-refractivity contribution in [3.05, 3.63) is 40.9 Å². The molecule has 0 unspecified atom stereocenters. The van der Waals surface area contributed by atoms with E-state index in [1.807, 2.05) is 20.8 Å². The molecule has 0 saturated heterocycles. The van der Waals surface area contributed by atoms with E-state index in [4.69, 9.17) is 25.8 Å². The normalized spacial score (nSPS) is 10.7. The highest BCUT2D eigenvalue weighted by Gasteiger charge is 2.20. The number of nitrogens with zero attached hydrogens (tertiary/aromatic N) is 6. The number of aryl methyl sites for hydroxylation is 2. The lowest BCUT2D eigenvalue weighted by Crippen LogP contribution is -2.09. The van der Waals surface area contributed by atoms with Crippen LogP contribution in [0.25, 0.3) is 22.1 Å². The third-order valence-electron chi connectivity index (χ3n) is 5.10. The highest BCUT2D eigenvalue weighted by molar-refractivity contribution is 6.38. The number of rotatable bonds is 8. The zero-order chi connectivity index (χ0) is 26.2. The van der Waals surface area contributed by atoms with Crippen LogP contribution in [0.5, 0.6) is 5.75 Å². The average Bonchev–Trinajstić information content (AvgIpc) is 3.49. The van der Waals surface area contributed by atoms with Crippen LogP contribution in [0, 0.1) is 0 Å². The second kappa shape index (κ2) is 12.3. The smallest absolute Gasteiger partial charge is 0.343 e. The number of carbonyl (C=O) groups is 2. The summed E-state index contributed by atoms with van der Waals surface area (Å²) in [5.41, 5.74) is 1.99. The molecule has 0 aliphatic rings. The summed E-state index contributed by atoms with van der Waals surface area (Å²) in [5, 5.41) is 10.1. The fourth-order valence-electron chi connectivity index (χ4n) is 3.47. The molecule has 0 amide bonds. The van der Waals surface area contributed by atoms with Crippen molar-refractivity contribution in [2.45, 2.75) is 47.7 Å². The molecule has 4 aromatic heterocycles. The molecule has 4 aromatic rings. The number of hydrogen-bond donors (Lipinski definition) is 0. The molecule has 0 saturated carbocycles. The standard InChI is InChI=1S/C13H17N3O3.C11H12ClN3O2/c1-4-16-12-9(8-15-16)11(18-5-2)10(7-14-12)13(17)19-6-3;1-3-15-10-7(6-14-15)9(12)8(5-13-10)11(16)17-4-2/h7-8H,4-6H2,1-3H3;5-6H,3-4H2,1-2H3. The molecule has 0 N–H and O–H groups in total. The molecule has 0 fully saturated rings. The topological polar surface area (TPSA) is 123 Å². The monoisotopic (exact) mass is 516 g/mol. The van der Waals surface area contributed by atoms with E-state index >= 15 is 0 Å². The van der Waals surface area contributed by atoms with E-state index in [0.717, 1.165) is 5.39 Å². The van der Waals surface area contributed by atoms with Crippen molar-refractivity contribution in [1.29, 1.82) is 0 Å². The molecule has 11 nitrogen and oxygen atoms in total. The van der Waals surface area contributed by atoms with Crippen molar-refractivity contribution in [3.63, 3.8) is 0 Å². The van der Waals surface area contributed by atoms with Gasteiger partial charge in [0.2, 0.25) is 0 Å². The Kier molecular flexibility index (Phi) is 9.18.